The molecule has 2 fully saturated rings. The lowest BCUT2D eigenvalue weighted by atomic mass is 9.61. The molecular formula is C23H46. The van der Waals surface area contributed by atoms with E-state index in [-0.39, 0.29) is 0 Å². The van der Waals surface area contributed by atoms with Crippen LogP contribution in [0.15, 0.2) is 0 Å². The first-order valence-electron chi connectivity index (χ1n) is 10.2. The van der Waals surface area contributed by atoms with E-state index in [0.29, 0.717) is 21.7 Å². The first-order chi connectivity index (χ1) is 10.2. The highest BCUT2D eigenvalue weighted by Gasteiger charge is 2.37. The van der Waals surface area contributed by atoms with Gasteiger partial charge in [-0.3, -0.25) is 0 Å². The van der Waals surface area contributed by atoms with E-state index in [2.05, 4.69) is 69.2 Å². The van der Waals surface area contributed by atoms with Crippen LogP contribution in [-0.4, -0.2) is 0 Å². The normalized spacial score (nSPS) is 34.7. The molecule has 0 bridgehead atoms. The second-order valence-corrected chi connectivity index (χ2v) is 11.9. The van der Waals surface area contributed by atoms with Gasteiger partial charge in [0.15, 0.2) is 0 Å². The summed E-state index contributed by atoms with van der Waals surface area (Å²) in [4.78, 5) is 0. The molecule has 2 aliphatic rings. The van der Waals surface area contributed by atoms with Gasteiger partial charge in [-0.1, -0.05) is 69.2 Å². The minimum atomic E-state index is 0.577. The number of rotatable bonds is 0. The Morgan fingerprint density at radius 3 is 1.43 bits per heavy atom. The largest absolute Gasteiger partial charge is 0.0620 e. The van der Waals surface area contributed by atoms with E-state index in [1.165, 1.54) is 44.9 Å². The van der Waals surface area contributed by atoms with Crippen molar-refractivity contribution >= 4 is 0 Å². The first kappa shape index (κ1) is 21.0. The van der Waals surface area contributed by atoms with Crippen LogP contribution >= 0.6 is 0 Å². The molecule has 2 aliphatic carbocycles. The van der Waals surface area contributed by atoms with Crippen molar-refractivity contribution in [2.45, 2.75) is 114 Å². The SMILES string of the molecule is CC1CC(C)(C)CCC1(C)C.CC1CCC(C)(C)CCC1(C)C. The average Bonchev–Trinajstić information content (AvgIpc) is 2.48. The molecule has 0 aromatic heterocycles. The predicted octanol–water partition coefficient (Wildman–Crippen LogP) is 8.11. The van der Waals surface area contributed by atoms with Gasteiger partial charge in [0.2, 0.25) is 0 Å². The van der Waals surface area contributed by atoms with Gasteiger partial charge in [-0.15, -0.1) is 0 Å². The van der Waals surface area contributed by atoms with Crippen LogP contribution in [0.1, 0.15) is 114 Å². The summed E-state index contributed by atoms with van der Waals surface area (Å²) in [6, 6.07) is 0. The molecule has 0 saturated heterocycles. The van der Waals surface area contributed by atoms with Crippen molar-refractivity contribution in [3.05, 3.63) is 0 Å². The van der Waals surface area contributed by atoms with Gasteiger partial charge in [0.25, 0.3) is 0 Å². The molecule has 2 atom stereocenters. The van der Waals surface area contributed by atoms with Crippen LogP contribution < -0.4 is 0 Å². The van der Waals surface area contributed by atoms with E-state index >= 15 is 0 Å². The quantitative estimate of drug-likeness (QED) is 0.395. The Kier molecular flexibility index (Phi) is 6.48. The van der Waals surface area contributed by atoms with Gasteiger partial charge >= 0.3 is 0 Å². The summed E-state index contributed by atoms with van der Waals surface area (Å²) in [5, 5.41) is 0. The molecule has 0 aromatic rings. The smallest absolute Gasteiger partial charge is 0.0328 e. The van der Waals surface area contributed by atoms with Gasteiger partial charge in [0.1, 0.15) is 0 Å². The fourth-order valence-electron chi connectivity index (χ4n) is 4.14. The highest BCUT2D eigenvalue weighted by molar-refractivity contribution is 4.88. The minimum absolute atomic E-state index is 0.577. The molecule has 0 radical (unpaired) electrons. The van der Waals surface area contributed by atoms with Crippen molar-refractivity contribution in [3.63, 3.8) is 0 Å². The van der Waals surface area contributed by atoms with Crippen LogP contribution in [0.25, 0.3) is 0 Å². The van der Waals surface area contributed by atoms with Gasteiger partial charge in [-0.25, -0.2) is 0 Å². The Morgan fingerprint density at radius 2 is 0.957 bits per heavy atom. The molecule has 0 spiro atoms. The Bertz CT molecular complexity index is 369. The van der Waals surface area contributed by atoms with Crippen molar-refractivity contribution in [2.75, 3.05) is 0 Å². The lowest BCUT2D eigenvalue weighted by Crippen LogP contribution is -2.33. The van der Waals surface area contributed by atoms with Crippen LogP contribution in [-0.2, 0) is 0 Å². The standard InChI is InChI=1S/C12H24.C11H22/c1-10-6-7-11(2,3)8-9-12(10,4)5;1-9-8-10(2,3)6-7-11(9,4)5/h10H,6-9H2,1-5H3;9H,6-8H2,1-5H3. The fraction of sp³-hybridized carbons (Fsp3) is 1.00. The summed E-state index contributed by atoms with van der Waals surface area (Å²) < 4.78 is 0. The van der Waals surface area contributed by atoms with E-state index < -0.39 is 0 Å². The summed E-state index contributed by atoms with van der Waals surface area (Å²) in [6.45, 7) is 24.1. The van der Waals surface area contributed by atoms with Crippen LogP contribution in [0.4, 0.5) is 0 Å². The molecule has 0 aromatic carbocycles. The molecule has 0 nitrogen and oxygen atoms in total. The van der Waals surface area contributed by atoms with Crippen LogP contribution in [0.3, 0.4) is 0 Å². The van der Waals surface area contributed by atoms with E-state index in [0.717, 1.165) is 11.8 Å². The zero-order chi connectivity index (χ0) is 18.1. The molecule has 23 heavy (non-hydrogen) atoms. The predicted molar refractivity (Wildman–Crippen MR) is 106 cm³/mol. The van der Waals surface area contributed by atoms with E-state index in [9.17, 15) is 0 Å². The second kappa shape index (κ2) is 7.09. The van der Waals surface area contributed by atoms with Crippen LogP contribution in [0.5, 0.6) is 0 Å². The van der Waals surface area contributed by atoms with Crippen molar-refractivity contribution in [1.29, 1.82) is 0 Å². The molecule has 138 valence electrons. The van der Waals surface area contributed by atoms with Crippen molar-refractivity contribution < 1.29 is 0 Å². The first-order valence-corrected chi connectivity index (χ1v) is 10.2. The van der Waals surface area contributed by atoms with Gasteiger partial charge < -0.3 is 0 Å². The van der Waals surface area contributed by atoms with Gasteiger partial charge in [0, 0.05) is 0 Å². The summed E-state index contributed by atoms with van der Waals surface area (Å²) in [5.74, 6) is 1.80. The summed E-state index contributed by atoms with van der Waals surface area (Å²) in [7, 11) is 0. The monoisotopic (exact) mass is 322 g/mol. The molecular weight excluding hydrogens is 276 g/mol. The van der Waals surface area contributed by atoms with E-state index in [1.54, 1.807) is 0 Å². The molecule has 0 N–H and O–H groups in total. The van der Waals surface area contributed by atoms with Crippen molar-refractivity contribution in [1.82, 2.24) is 0 Å². The fourth-order valence-corrected chi connectivity index (χ4v) is 4.14. The third-order valence-corrected chi connectivity index (χ3v) is 7.67. The summed E-state index contributed by atoms with van der Waals surface area (Å²) >= 11 is 0. The Labute approximate surface area is 148 Å². The highest BCUT2D eigenvalue weighted by Crippen LogP contribution is 2.48. The molecule has 2 saturated carbocycles. The molecule has 0 heteroatoms. The third kappa shape index (κ3) is 6.43. The lowest BCUT2D eigenvalue weighted by Gasteiger charge is -2.44. The number of hydrogen-bond acceptors (Lipinski definition) is 0. The van der Waals surface area contributed by atoms with Crippen molar-refractivity contribution in [3.8, 4) is 0 Å². The molecule has 0 aliphatic heterocycles. The van der Waals surface area contributed by atoms with E-state index in [1.807, 2.05) is 0 Å². The van der Waals surface area contributed by atoms with E-state index in [4.69, 9.17) is 0 Å². The second-order valence-electron chi connectivity index (χ2n) is 11.9. The topological polar surface area (TPSA) is 0 Å². The third-order valence-electron chi connectivity index (χ3n) is 7.67. The van der Waals surface area contributed by atoms with Gasteiger partial charge in [-0.2, -0.15) is 0 Å². The maximum absolute atomic E-state index is 2.43. The minimum Gasteiger partial charge on any atom is -0.0620 e. The summed E-state index contributed by atoms with van der Waals surface area (Å²) in [5.41, 5.74) is 2.38. The summed E-state index contributed by atoms with van der Waals surface area (Å²) in [6.07, 6.45) is 9.86. The zero-order valence-corrected chi connectivity index (χ0v) is 18.1. The molecule has 0 amide bonds. The Balaban J connectivity index is 0.000000231. The highest BCUT2D eigenvalue weighted by atomic mass is 14.4. The van der Waals surface area contributed by atoms with Crippen LogP contribution in [0, 0.1) is 33.5 Å². The molecule has 2 unspecified atom stereocenters. The maximum Gasteiger partial charge on any atom is -0.0328 e. The average molecular weight is 323 g/mol. The van der Waals surface area contributed by atoms with Gasteiger partial charge in [0.05, 0.1) is 0 Å². The van der Waals surface area contributed by atoms with Gasteiger partial charge in [-0.05, 0) is 78.4 Å². The Morgan fingerprint density at radius 1 is 0.522 bits per heavy atom. The maximum atomic E-state index is 2.43. The molecule has 0 heterocycles. The lowest BCUT2D eigenvalue weighted by molar-refractivity contribution is 0.0666. The number of hydrogen-bond donors (Lipinski definition) is 0. The molecule has 2 rings (SSSR count). The van der Waals surface area contributed by atoms with Crippen molar-refractivity contribution in [2.24, 2.45) is 33.5 Å². The zero-order valence-electron chi connectivity index (χ0n) is 18.1. The Hall–Kier alpha value is 0. The van der Waals surface area contributed by atoms with Crippen LogP contribution in [0.2, 0.25) is 0 Å².